The van der Waals surface area contributed by atoms with Gasteiger partial charge in [-0.1, -0.05) is 79.9 Å². The van der Waals surface area contributed by atoms with Gasteiger partial charge in [-0.05, 0) is 43.3 Å². The van der Waals surface area contributed by atoms with Crippen molar-refractivity contribution in [2.45, 2.75) is 58.6 Å². The Morgan fingerprint density at radius 2 is 1.52 bits per heavy atom. The molecule has 148 valence electrons. The number of hydrogen-bond acceptors (Lipinski definition) is 2. The number of hydrogen-bond donors (Lipinski definition) is 1. The van der Waals surface area contributed by atoms with Gasteiger partial charge in [0.25, 0.3) is 0 Å². The zero-order valence-electron chi connectivity index (χ0n) is 15.9. The number of nitrogens with one attached hydrogen (secondary N) is 1. The van der Waals surface area contributed by atoms with Gasteiger partial charge in [0.05, 0.1) is 0 Å². The molecule has 0 bridgehead atoms. The first-order valence-corrected chi connectivity index (χ1v) is 10.8. The lowest BCUT2D eigenvalue weighted by Crippen LogP contribution is -2.15. The van der Waals surface area contributed by atoms with Crippen molar-refractivity contribution >= 4 is 34.8 Å². The van der Waals surface area contributed by atoms with E-state index in [1.54, 1.807) is 6.07 Å². The molecule has 2 nitrogen and oxygen atoms in total. The van der Waals surface area contributed by atoms with E-state index < -0.39 is 0 Å². The van der Waals surface area contributed by atoms with Crippen molar-refractivity contribution in [3.63, 3.8) is 0 Å². The van der Waals surface area contributed by atoms with Crippen LogP contribution < -0.4 is 10.1 Å². The zero-order chi connectivity index (χ0) is 19.5. The minimum Gasteiger partial charge on any atom is -0.489 e. The van der Waals surface area contributed by atoms with Gasteiger partial charge in [0.2, 0.25) is 0 Å². The van der Waals surface area contributed by atoms with Crippen LogP contribution in [0.15, 0.2) is 36.4 Å². The second-order valence-corrected chi connectivity index (χ2v) is 8.00. The summed E-state index contributed by atoms with van der Waals surface area (Å²) in [5.41, 5.74) is 1.96. The van der Waals surface area contributed by atoms with E-state index in [1.165, 1.54) is 38.5 Å². The fraction of sp³-hybridized carbons (Fsp3) is 0.455. The van der Waals surface area contributed by atoms with Crippen LogP contribution in [-0.4, -0.2) is 6.54 Å². The lowest BCUT2D eigenvalue weighted by molar-refractivity contribution is 0.302. The highest BCUT2D eigenvalue weighted by Crippen LogP contribution is 2.26. The Balaban J connectivity index is 1.83. The van der Waals surface area contributed by atoms with Crippen LogP contribution in [0.1, 0.15) is 56.6 Å². The van der Waals surface area contributed by atoms with Crippen molar-refractivity contribution in [3.8, 4) is 5.75 Å². The zero-order valence-corrected chi connectivity index (χ0v) is 18.1. The standard InChI is InChI=1S/C22H28Cl3NO/c1-2-3-4-5-6-7-12-26-15-18-13-19(23)10-11-22(18)27-16-17-8-9-20(24)14-21(17)25/h8-11,13-14,26H,2-7,12,15-16H2,1H3. The summed E-state index contributed by atoms with van der Waals surface area (Å²) in [4.78, 5) is 0. The molecule has 0 saturated carbocycles. The monoisotopic (exact) mass is 427 g/mol. The summed E-state index contributed by atoms with van der Waals surface area (Å²) in [7, 11) is 0. The van der Waals surface area contributed by atoms with Gasteiger partial charge >= 0.3 is 0 Å². The second kappa shape index (κ2) is 12.5. The van der Waals surface area contributed by atoms with Gasteiger partial charge in [0, 0.05) is 32.7 Å². The fourth-order valence-electron chi connectivity index (χ4n) is 2.87. The molecule has 2 rings (SSSR count). The Labute approximate surface area is 178 Å². The van der Waals surface area contributed by atoms with Gasteiger partial charge in [-0.25, -0.2) is 0 Å². The SMILES string of the molecule is CCCCCCCCNCc1cc(Cl)ccc1OCc1ccc(Cl)cc1Cl. The van der Waals surface area contributed by atoms with Crippen LogP contribution in [0.3, 0.4) is 0 Å². The fourth-order valence-corrected chi connectivity index (χ4v) is 3.53. The second-order valence-electron chi connectivity index (χ2n) is 6.72. The van der Waals surface area contributed by atoms with E-state index >= 15 is 0 Å². The molecule has 0 unspecified atom stereocenters. The molecule has 0 radical (unpaired) electrons. The Morgan fingerprint density at radius 1 is 0.815 bits per heavy atom. The molecule has 2 aromatic rings. The molecule has 5 heteroatoms. The highest BCUT2D eigenvalue weighted by molar-refractivity contribution is 6.35. The van der Waals surface area contributed by atoms with E-state index in [2.05, 4.69) is 12.2 Å². The Morgan fingerprint density at radius 3 is 2.30 bits per heavy atom. The molecular weight excluding hydrogens is 401 g/mol. The molecule has 0 aromatic heterocycles. The van der Waals surface area contributed by atoms with Crippen LogP contribution in [0.4, 0.5) is 0 Å². The van der Waals surface area contributed by atoms with Crippen LogP contribution >= 0.6 is 34.8 Å². The third kappa shape index (κ3) is 8.31. The molecule has 0 amide bonds. The van der Waals surface area contributed by atoms with E-state index in [4.69, 9.17) is 39.5 Å². The van der Waals surface area contributed by atoms with Crippen molar-refractivity contribution in [2.24, 2.45) is 0 Å². The molecule has 0 aliphatic carbocycles. The summed E-state index contributed by atoms with van der Waals surface area (Å²) in [6, 6.07) is 11.1. The van der Waals surface area contributed by atoms with Crippen LogP contribution in [0.25, 0.3) is 0 Å². The molecular formula is C22H28Cl3NO. The quantitative estimate of drug-likeness (QED) is 0.350. The summed E-state index contributed by atoms with van der Waals surface area (Å²) in [5.74, 6) is 0.820. The molecule has 0 atom stereocenters. The van der Waals surface area contributed by atoms with E-state index in [0.29, 0.717) is 21.7 Å². The Kier molecular flexibility index (Phi) is 10.4. The number of unbranched alkanes of at least 4 members (excludes halogenated alkanes) is 5. The highest BCUT2D eigenvalue weighted by atomic mass is 35.5. The van der Waals surface area contributed by atoms with E-state index in [9.17, 15) is 0 Å². The van der Waals surface area contributed by atoms with Crippen LogP contribution in [0.5, 0.6) is 5.75 Å². The summed E-state index contributed by atoms with van der Waals surface area (Å²) in [6.07, 6.45) is 7.77. The third-order valence-corrected chi connectivity index (χ3v) is 5.27. The molecule has 0 fully saturated rings. The smallest absolute Gasteiger partial charge is 0.124 e. The molecule has 2 aromatic carbocycles. The van der Waals surface area contributed by atoms with Gasteiger partial charge in [0.15, 0.2) is 0 Å². The van der Waals surface area contributed by atoms with E-state index in [1.807, 2.05) is 30.3 Å². The number of ether oxygens (including phenoxy) is 1. The lowest BCUT2D eigenvalue weighted by Gasteiger charge is -2.14. The first-order valence-electron chi connectivity index (χ1n) is 9.66. The highest BCUT2D eigenvalue weighted by Gasteiger charge is 2.07. The summed E-state index contributed by atoms with van der Waals surface area (Å²) >= 11 is 18.3. The maximum Gasteiger partial charge on any atom is 0.124 e. The largest absolute Gasteiger partial charge is 0.489 e. The molecule has 0 saturated heterocycles. The minimum absolute atomic E-state index is 0.391. The Bertz CT molecular complexity index is 706. The van der Waals surface area contributed by atoms with Crippen molar-refractivity contribution in [2.75, 3.05) is 6.54 Å². The molecule has 0 heterocycles. The van der Waals surface area contributed by atoms with Crippen LogP contribution in [0, 0.1) is 0 Å². The molecule has 0 aliphatic heterocycles. The lowest BCUT2D eigenvalue weighted by atomic mass is 10.1. The van der Waals surface area contributed by atoms with Crippen molar-refractivity contribution in [3.05, 3.63) is 62.6 Å². The van der Waals surface area contributed by atoms with Crippen LogP contribution in [-0.2, 0) is 13.2 Å². The van der Waals surface area contributed by atoms with Gasteiger partial charge in [-0.2, -0.15) is 0 Å². The van der Waals surface area contributed by atoms with Crippen LogP contribution in [0.2, 0.25) is 15.1 Å². The van der Waals surface area contributed by atoms with E-state index in [0.717, 1.165) is 30.0 Å². The average Bonchev–Trinajstić information content (AvgIpc) is 2.64. The van der Waals surface area contributed by atoms with Gasteiger partial charge in [-0.3, -0.25) is 0 Å². The molecule has 27 heavy (non-hydrogen) atoms. The normalized spacial score (nSPS) is 11.0. The van der Waals surface area contributed by atoms with Crippen molar-refractivity contribution in [1.29, 1.82) is 0 Å². The maximum atomic E-state index is 6.23. The predicted octanol–water partition coefficient (Wildman–Crippen LogP) is 7.68. The summed E-state index contributed by atoms with van der Waals surface area (Å²) in [5, 5.41) is 5.44. The summed E-state index contributed by atoms with van der Waals surface area (Å²) < 4.78 is 6.00. The minimum atomic E-state index is 0.391. The first kappa shape index (κ1) is 22.4. The van der Waals surface area contributed by atoms with Gasteiger partial charge < -0.3 is 10.1 Å². The van der Waals surface area contributed by atoms with E-state index in [-0.39, 0.29) is 0 Å². The average molecular weight is 429 g/mol. The molecule has 0 aliphatic rings. The van der Waals surface area contributed by atoms with Crippen molar-refractivity contribution < 1.29 is 4.74 Å². The topological polar surface area (TPSA) is 21.3 Å². The predicted molar refractivity (Wildman–Crippen MR) is 117 cm³/mol. The number of benzene rings is 2. The molecule has 0 spiro atoms. The third-order valence-electron chi connectivity index (χ3n) is 4.44. The first-order chi connectivity index (χ1) is 13.1. The Hall–Kier alpha value is -0.930. The number of rotatable bonds is 12. The van der Waals surface area contributed by atoms with Crippen molar-refractivity contribution in [1.82, 2.24) is 5.32 Å². The van der Waals surface area contributed by atoms with Gasteiger partial charge in [0.1, 0.15) is 12.4 Å². The van der Waals surface area contributed by atoms with Gasteiger partial charge in [-0.15, -0.1) is 0 Å². The maximum absolute atomic E-state index is 6.23. The number of halogens is 3. The molecule has 1 N–H and O–H groups in total. The summed E-state index contributed by atoms with van der Waals surface area (Å²) in [6.45, 7) is 4.37.